The van der Waals surface area contributed by atoms with Crippen LogP contribution in [0.25, 0.3) is 0 Å². The van der Waals surface area contributed by atoms with Gasteiger partial charge in [-0.15, -0.1) is 0 Å². The number of rotatable bonds is 18. The fraction of sp³-hybridized carbons (Fsp3) is 0.696. The molecule has 204 valence electrons. The van der Waals surface area contributed by atoms with Crippen LogP contribution in [-0.4, -0.2) is 81.5 Å². The first-order chi connectivity index (χ1) is 17.1. The summed E-state index contributed by atoms with van der Waals surface area (Å²) in [5, 5.41) is 17.5. The summed E-state index contributed by atoms with van der Waals surface area (Å²) in [5.41, 5.74) is 12.2. The third kappa shape index (κ3) is 11.0. The molecule has 13 heteroatoms. The monoisotopic (exact) mass is 527 g/mol. The van der Waals surface area contributed by atoms with Gasteiger partial charge in [-0.05, 0) is 50.2 Å². The van der Waals surface area contributed by atoms with Gasteiger partial charge in [-0.1, -0.05) is 20.3 Å². The highest BCUT2D eigenvalue weighted by atomic mass is 32.2. The van der Waals surface area contributed by atoms with Crippen LogP contribution >= 0.6 is 11.8 Å². The summed E-state index contributed by atoms with van der Waals surface area (Å²) in [5.74, 6) is -2.31. The first kappa shape index (κ1) is 31.4. The number of hydrogen-bond donors (Lipinski definition) is 7. The molecule has 0 aromatic carbocycles. The number of hydrogen-bond acceptors (Lipinski definition) is 8. The molecule has 5 unspecified atom stereocenters. The Labute approximate surface area is 216 Å². The lowest BCUT2D eigenvalue weighted by molar-refractivity contribution is -0.142. The molecule has 0 spiro atoms. The molecule has 12 nitrogen and oxygen atoms in total. The summed E-state index contributed by atoms with van der Waals surface area (Å²) < 4.78 is 0. The number of nitrogens with zero attached hydrogens (tertiary/aromatic N) is 1. The van der Waals surface area contributed by atoms with Crippen molar-refractivity contribution >= 4 is 35.5 Å². The van der Waals surface area contributed by atoms with E-state index in [2.05, 4.69) is 25.9 Å². The van der Waals surface area contributed by atoms with Gasteiger partial charge in [0.2, 0.25) is 17.7 Å². The second kappa shape index (κ2) is 16.9. The number of unbranched alkanes of at least 4 members (excludes halogenated alkanes) is 1. The second-order valence-electron chi connectivity index (χ2n) is 8.78. The molecule has 0 saturated heterocycles. The van der Waals surface area contributed by atoms with Crippen molar-refractivity contribution in [2.45, 2.75) is 76.5 Å². The first-order valence-corrected chi connectivity index (χ1v) is 13.6. The van der Waals surface area contributed by atoms with E-state index in [1.165, 1.54) is 24.3 Å². The number of aromatic amines is 1. The zero-order valence-corrected chi connectivity index (χ0v) is 22.1. The van der Waals surface area contributed by atoms with Crippen molar-refractivity contribution < 1.29 is 24.3 Å². The number of nitrogens with one attached hydrogen (secondary N) is 4. The van der Waals surface area contributed by atoms with E-state index < -0.39 is 47.9 Å². The molecule has 0 aliphatic heterocycles. The molecule has 9 N–H and O–H groups in total. The smallest absolute Gasteiger partial charge is 0.326 e. The third-order valence-electron chi connectivity index (χ3n) is 5.98. The summed E-state index contributed by atoms with van der Waals surface area (Å²) >= 11 is 1.49. The summed E-state index contributed by atoms with van der Waals surface area (Å²) in [6, 6.07) is -3.86. The number of aromatic nitrogens is 2. The Morgan fingerprint density at radius 1 is 1.06 bits per heavy atom. The summed E-state index contributed by atoms with van der Waals surface area (Å²) in [6.45, 7) is 4.23. The van der Waals surface area contributed by atoms with Crippen LogP contribution in [0, 0.1) is 5.92 Å². The standard InChI is InChI=1S/C23H41N7O5S/c1-4-14(2)19(25)22(33)29-16(7-5-6-9-24)20(31)28-17(8-10-36-3)21(32)30-18(23(34)35)11-15-12-26-13-27-15/h12-14,16-19H,4-11,24-25H2,1-3H3,(H,26,27)(H,28,31)(H,29,33)(H,30,32)(H,34,35). The van der Waals surface area contributed by atoms with Gasteiger partial charge in [0.15, 0.2) is 0 Å². The summed E-state index contributed by atoms with van der Waals surface area (Å²) in [6.07, 6.45) is 7.36. The van der Waals surface area contributed by atoms with Gasteiger partial charge < -0.3 is 37.5 Å². The minimum atomic E-state index is -1.21. The Kier molecular flexibility index (Phi) is 14.8. The van der Waals surface area contributed by atoms with Gasteiger partial charge >= 0.3 is 5.97 Å². The molecule has 36 heavy (non-hydrogen) atoms. The number of H-pyrrole nitrogens is 1. The average Bonchev–Trinajstić information content (AvgIpc) is 3.37. The molecule has 0 aliphatic rings. The zero-order chi connectivity index (χ0) is 27.1. The number of carboxylic acids is 1. The molecule has 0 saturated carbocycles. The van der Waals surface area contributed by atoms with E-state index >= 15 is 0 Å². The molecule has 1 aromatic heterocycles. The van der Waals surface area contributed by atoms with E-state index in [4.69, 9.17) is 11.5 Å². The lowest BCUT2D eigenvalue weighted by atomic mass is 9.98. The van der Waals surface area contributed by atoms with Crippen LogP contribution in [0.15, 0.2) is 12.5 Å². The van der Waals surface area contributed by atoms with Crippen LogP contribution < -0.4 is 27.4 Å². The Morgan fingerprint density at radius 2 is 1.67 bits per heavy atom. The maximum atomic E-state index is 13.2. The molecule has 1 rings (SSSR count). The van der Waals surface area contributed by atoms with E-state index in [1.807, 2.05) is 20.1 Å². The molecule has 5 atom stereocenters. The van der Waals surface area contributed by atoms with Gasteiger partial charge in [0.25, 0.3) is 0 Å². The molecular formula is C23H41N7O5S. The molecule has 0 fully saturated rings. The quantitative estimate of drug-likeness (QED) is 0.125. The SMILES string of the molecule is CCC(C)C(N)C(=O)NC(CCCCN)C(=O)NC(CCSC)C(=O)NC(Cc1cnc[nH]1)C(=O)O. The van der Waals surface area contributed by atoms with Crippen molar-refractivity contribution in [3.8, 4) is 0 Å². The molecule has 1 heterocycles. The van der Waals surface area contributed by atoms with Gasteiger partial charge in [0, 0.05) is 18.3 Å². The van der Waals surface area contributed by atoms with E-state index in [0.29, 0.717) is 43.7 Å². The first-order valence-electron chi connectivity index (χ1n) is 12.2. The van der Waals surface area contributed by atoms with Crippen molar-refractivity contribution in [2.75, 3.05) is 18.6 Å². The Bertz CT molecular complexity index is 824. The highest BCUT2D eigenvalue weighted by molar-refractivity contribution is 7.98. The summed E-state index contributed by atoms with van der Waals surface area (Å²) in [7, 11) is 0. The highest BCUT2D eigenvalue weighted by Gasteiger charge is 2.31. The minimum absolute atomic E-state index is 0.00946. The number of carbonyl (C=O) groups excluding carboxylic acids is 3. The third-order valence-corrected chi connectivity index (χ3v) is 6.62. The van der Waals surface area contributed by atoms with Crippen molar-refractivity contribution in [1.82, 2.24) is 25.9 Å². The van der Waals surface area contributed by atoms with Gasteiger partial charge in [-0.3, -0.25) is 14.4 Å². The van der Waals surface area contributed by atoms with Gasteiger partial charge in [0.05, 0.1) is 12.4 Å². The van der Waals surface area contributed by atoms with Crippen LogP contribution in [0.3, 0.4) is 0 Å². The molecular weight excluding hydrogens is 486 g/mol. The number of amides is 3. The maximum Gasteiger partial charge on any atom is 0.326 e. The Hall–Kier alpha value is -2.64. The zero-order valence-electron chi connectivity index (χ0n) is 21.3. The number of imidazole rings is 1. The fourth-order valence-corrected chi connectivity index (χ4v) is 3.88. The average molecular weight is 528 g/mol. The molecule has 0 aliphatic carbocycles. The number of thioether (sulfide) groups is 1. The van der Waals surface area contributed by atoms with Gasteiger partial charge in [0.1, 0.15) is 18.1 Å². The second-order valence-corrected chi connectivity index (χ2v) is 9.77. The number of nitrogens with two attached hydrogens (primary N) is 2. The Morgan fingerprint density at radius 3 is 2.19 bits per heavy atom. The van der Waals surface area contributed by atoms with E-state index in [0.717, 1.165) is 0 Å². The predicted octanol–water partition coefficient (Wildman–Crippen LogP) is -0.253. The predicted molar refractivity (Wildman–Crippen MR) is 139 cm³/mol. The van der Waals surface area contributed by atoms with Crippen LogP contribution in [0.2, 0.25) is 0 Å². The number of aliphatic carboxylic acids is 1. The molecule has 0 radical (unpaired) electrons. The highest BCUT2D eigenvalue weighted by Crippen LogP contribution is 2.09. The topological polar surface area (TPSA) is 205 Å². The van der Waals surface area contributed by atoms with E-state index in [1.54, 1.807) is 0 Å². The number of carbonyl (C=O) groups is 4. The van der Waals surface area contributed by atoms with Gasteiger partial charge in [-0.25, -0.2) is 9.78 Å². The fourth-order valence-electron chi connectivity index (χ4n) is 3.41. The van der Waals surface area contributed by atoms with Crippen molar-refractivity contribution in [2.24, 2.45) is 17.4 Å². The van der Waals surface area contributed by atoms with E-state index in [9.17, 15) is 24.3 Å². The molecule has 1 aromatic rings. The molecule has 0 bridgehead atoms. The summed E-state index contributed by atoms with van der Waals surface area (Å²) in [4.78, 5) is 57.3. The van der Waals surface area contributed by atoms with Crippen LogP contribution in [0.4, 0.5) is 0 Å². The Balaban J connectivity index is 2.96. The lowest BCUT2D eigenvalue weighted by Gasteiger charge is -2.26. The minimum Gasteiger partial charge on any atom is -0.480 e. The normalized spacial score (nSPS) is 15.2. The number of carboxylic acid groups (broad SMARTS) is 1. The van der Waals surface area contributed by atoms with Crippen LogP contribution in [0.1, 0.15) is 51.6 Å². The van der Waals surface area contributed by atoms with Crippen molar-refractivity contribution in [3.05, 3.63) is 18.2 Å². The van der Waals surface area contributed by atoms with Crippen molar-refractivity contribution in [1.29, 1.82) is 0 Å². The van der Waals surface area contributed by atoms with Crippen LogP contribution in [-0.2, 0) is 25.6 Å². The largest absolute Gasteiger partial charge is 0.480 e. The molecule has 3 amide bonds. The van der Waals surface area contributed by atoms with Crippen molar-refractivity contribution in [3.63, 3.8) is 0 Å². The van der Waals surface area contributed by atoms with Crippen LogP contribution in [0.5, 0.6) is 0 Å². The maximum absolute atomic E-state index is 13.2. The lowest BCUT2D eigenvalue weighted by Crippen LogP contribution is -2.57. The van der Waals surface area contributed by atoms with Gasteiger partial charge in [-0.2, -0.15) is 11.8 Å². The van der Waals surface area contributed by atoms with E-state index in [-0.39, 0.29) is 18.8 Å².